The highest BCUT2D eigenvalue weighted by Gasteiger charge is 2.21. The fourth-order valence-electron chi connectivity index (χ4n) is 3.68. The minimum Gasteiger partial charge on any atom is -0.326 e. The van der Waals surface area contributed by atoms with E-state index in [-0.39, 0.29) is 11.8 Å². The molecule has 0 atom stereocenters. The summed E-state index contributed by atoms with van der Waals surface area (Å²) >= 11 is 1.66. The van der Waals surface area contributed by atoms with Crippen LogP contribution in [0.3, 0.4) is 0 Å². The number of nitrogens with one attached hydrogen (secondary N) is 1. The molecular formula is C23H24N2OS. The molecule has 4 rings (SSSR count). The van der Waals surface area contributed by atoms with Gasteiger partial charge >= 0.3 is 0 Å². The summed E-state index contributed by atoms with van der Waals surface area (Å²) in [4.78, 5) is 17.2. The van der Waals surface area contributed by atoms with Crippen molar-refractivity contribution in [1.82, 2.24) is 4.98 Å². The zero-order chi connectivity index (χ0) is 18.6. The van der Waals surface area contributed by atoms with E-state index in [0.29, 0.717) is 0 Å². The predicted octanol–water partition coefficient (Wildman–Crippen LogP) is 6.30. The molecule has 3 aromatic rings. The van der Waals surface area contributed by atoms with Gasteiger partial charge in [0.25, 0.3) is 0 Å². The van der Waals surface area contributed by atoms with Gasteiger partial charge in [-0.3, -0.25) is 4.79 Å². The zero-order valence-corrected chi connectivity index (χ0v) is 16.4. The van der Waals surface area contributed by atoms with Crippen LogP contribution < -0.4 is 5.32 Å². The highest BCUT2D eigenvalue weighted by atomic mass is 32.1. The number of carbonyl (C=O) groups excluding carboxylic acids is 1. The minimum atomic E-state index is 0.165. The third-order valence-corrected chi connectivity index (χ3v) is 6.18. The molecule has 1 heterocycles. The Bertz CT molecular complexity index is 924. The van der Waals surface area contributed by atoms with Gasteiger partial charge in [-0.2, -0.15) is 0 Å². The van der Waals surface area contributed by atoms with E-state index >= 15 is 0 Å². The number of aryl methyl sites for hydroxylation is 1. The van der Waals surface area contributed by atoms with Gasteiger partial charge in [-0.1, -0.05) is 55.7 Å². The molecule has 1 saturated carbocycles. The van der Waals surface area contributed by atoms with Gasteiger partial charge in [-0.25, -0.2) is 4.98 Å². The molecule has 0 spiro atoms. The molecule has 3 nitrogen and oxygen atoms in total. The van der Waals surface area contributed by atoms with E-state index < -0.39 is 0 Å². The van der Waals surface area contributed by atoms with E-state index in [2.05, 4.69) is 29.8 Å². The molecule has 0 radical (unpaired) electrons. The van der Waals surface area contributed by atoms with Crippen LogP contribution in [-0.2, 0) is 4.79 Å². The number of aromatic nitrogens is 1. The van der Waals surface area contributed by atoms with Crippen LogP contribution >= 0.6 is 11.3 Å². The van der Waals surface area contributed by atoms with E-state index in [9.17, 15) is 4.79 Å². The number of anilines is 1. The van der Waals surface area contributed by atoms with Crippen LogP contribution in [0.25, 0.3) is 21.8 Å². The first-order valence-corrected chi connectivity index (χ1v) is 10.5. The Hall–Kier alpha value is -2.46. The normalized spacial score (nSPS) is 14.9. The Balaban J connectivity index is 1.46. The summed E-state index contributed by atoms with van der Waals surface area (Å²) in [6.07, 6.45) is 5.64. The lowest BCUT2D eigenvalue weighted by Gasteiger charge is -2.20. The Morgan fingerprint density at radius 2 is 1.78 bits per heavy atom. The summed E-state index contributed by atoms with van der Waals surface area (Å²) in [6, 6.07) is 16.3. The molecule has 1 fully saturated rings. The van der Waals surface area contributed by atoms with E-state index in [4.69, 9.17) is 4.98 Å². The first-order valence-electron chi connectivity index (χ1n) is 9.63. The minimum absolute atomic E-state index is 0.165. The first-order chi connectivity index (χ1) is 13.2. The average Bonchev–Trinajstić information content (AvgIpc) is 3.19. The van der Waals surface area contributed by atoms with Crippen LogP contribution in [0.1, 0.15) is 37.7 Å². The van der Waals surface area contributed by atoms with Gasteiger partial charge in [0.05, 0.1) is 5.69 Å². The van der Waals surface area contributed by atoms with Crippen LogP contribution in [0, 0.1) is 12.8 Å². The number of amides is 1. The van der Waals surface area contributed by atoms with E-state index in [1.807, 2.05) is 36.4 Å². The number of rotatable bonds is 4. The van der Waals surface area contributed by atoms with E-state index in [1.165, 1.54) is 30.4 Å². The number of hydrogen-bond donors (Lipinski definition) is 1. The molecule has 0 saturated heterocycles. The maximum Gasteiger partial charge on any atom is 0.227 e. The Labute approximate surface area is 164 Å². The summed E-state index contributed by atoms with van der Waals surface area (Å²) in [7, 11) is 0. The van der Waals surface area contributed by atoms with Crippen molar-refractivity contribution in [2.24, 2.45) is 5.92 Å². The molecule has 0 unspecified atom stereocenters. The van der Waals surface area contributed by atoms with Gasteiger partial charge < -0.3 is 5.32 Å². The second-order valence-electron chi connectivity index (χ2n) is 7.25. The Morgan fingerprint density at radius 3 is 2.52 bits per heavy atom. The third kappa shape index (κ3) is 4.11. The van der Waals surface area contributed by atoms with Crippen molar-refractivity contribution in [1.29, 1.82) is 0 Å². The Morgan fingerprint density at radius 1 is 1.04 bits per heavy atom. The molecular weight excluding hydrogens is 352 g/mol. The fraction of sp³-hybridized carbons (Fsp3) is 0.304. The molecule has 138 valence electrons. The number of benzene rings is 2. The lowest BCUT2D eigenvalue weighted by atomic mass is 9.88. The standard InChI is InChI=1S/C23H24N2OS/c1-16-7-5-6-10-20(16)23-25-21(15-27-23)17-11-13-19(14-12-17)24-22(26)18-8-3-2-4-9-18/h5-7,10-15,18H,2-4,8-9H2,1H3,(H,24,26). The second kappa shape index (κ2) is 8.05. The monoisotopic (exact) mass is 376 g/mol. The number of hydrogen-bond acceptors (Lipinski definition) is 3. The van der Waals surface area contributed by atoms with Gasteiger partial charge in [-0.05, 0) is 37.5 Å². The molecule has 1 N–H and O–H groups in total. The fourth-order valence-corrected chi connectivity index (χ4v) is 4.60. The molecule has 4 heteroatoms. The molecule has 1 aromatic heterocycles. The lowest BCUT2D eigenvalue weighted by Crippen LogP contribution is -2.24. The van der Waals surface area contributed by atoms with Crippen molar-refractivity contribution < 1.29 is 4.79 Å². The van der Waals surface area contributed by atoms with Crippen molar-refractivity contribution >= 4 is 22.9 Å². The van der Waals surface area contributed by atoms with Crippen LogP contribution in [0.5, 0.6) is 0 Å². The molecule has 0 bridgehead atoms. The predicted molar refractivity (Wildman–Crippen MR) is 113 cm³/mol. The topological polar surface area (TPSA) is 42.0 Å². The molecule has 2 aromatic carbocycles. The number of thiazole rings is 1. The summed E-state index contributed by atoms with van der Waals surface area (Å²) in [5, 5.41) is 6.21. The molecule has 0 aliphatic heterocycles. The van der Waals surface area contributed by atoms with Gasteiger partial charge in [0, 0.05) is 28.1 Å². The zero-order valence-electron chi connectivity index (χ0n) is 15.6. The van der Waals surface area contributed by atoms with Gasteiger partial charge in [-0.15, -0.1) is 11.3 Å². The SMILES string of the molecule is Cc1ccccc1-c1nc(-c2ccc(NC(=O)C3CCCCC3)cc2)cs1. The summed E-state index contributed by atoms with van der Waals surface area (Å²) in [5.74, 6) is 0.339. The van der Waals surface area contributed by atoms with Gasteiger partial charge in [0.2, 0.25) is 5.91 Å². The average molecular weight is 377 g/mol. The van der Waals surface area contributed by atoms with Gasteiger partial charge in [0.1, 0.15) is 5.01 Å². The first kappa shape index (κ1) is 17.9. The Kier molecular flexibility index (Phi) is 5.35. The molecule has 1 aliphatic rings. The van der Waals surface area contributed by atoms with Crippen molar-refractivity contribution in [2.75, 3.05) is 5.32 Å². The largest absolute Gasteiger partial charge is 0.326 e. The van der Waals surface area contributed by atoms with Crippen molar-refractivity contribution in [3.63, 3.8) is 0 Å². The van der Waals surface area contributed by atoms with Gasteiger partial charge in [0.15, 0.2) is 0 Å². The summed E-state index contributed by atoms with van der Waals surface area (Å²) < 4.78 is 0. The summed E-state index contributed by atoms with van der Waals surface area (Å²) in [5.41, 5.74) is 5.33. The van der Waals surface area contributed by atoms with E-state index in [0.717, 1.165) is 34.8 Å². The maximum atomic E-state index is 12.4. The quantitative estimate of drug-likeness (QED) is 0.580. The van der Waals surface area contributed by atoms with Crippen molar-refractivity contribution in [2.45, 2.75) is 39.0 Å². The van der Waals surface area contributed by atoms with E-state index in [1.54, 1.807) is 11.3 Å². The summed E-state index contributed by atoms with van der Waals surface area (Å²) in [6.45, 7) is 2.11. The van der Waals surface area contributed by atoms with Crippen molar-refractivity contribution in [3.8, 4) is 21.8 Å². The molecule has 1 amide bonds. The highest BCUT2D eigenvalue weighted by Crippen LogP contribution is 2.31. The van der Waals surface area contributed by atoms with Crippen molar-refractivity contribution in [3.05, 3.63) is 59.5 Å². The van der Waals surface area contributed by atoms with Crippen LogP contribution in [0.4, 0.5) is 5.69 Å². The number of carbonyl (C=O) groups is 1. The molecule has 1 aliphatic carbocycles. The van der Waals surface area contributed by atoms with Crippen LogP contribution in [-0.4, -0.2) is 10.9 Å². The smallest absolute Gasteiger partial charge is 0.227 e. The van der Waals surface area contributed by atoms with Crippen LogP contribution in [0.15, 0.2) is 53.9 Å². The third-order valence-electron chi connectivity index (χ3n) is 5.30. The number of nitrogens with zero attached hydrogens (tertiary/aromatic N) is 1. The highest BCUT2D eigenvalue weighted by molar-refractivity contribution is 7.13. The maximum absolute atomic E-state index is 12.4. The molecule has 27 heavy (non-hydrogen) atoms. The van der Waals surface area contributed by atoms with Crippen LogP contribution in [0.2, 0.25) is 0 Å². The second-order valence-corrected chi connectivity index (χ2v) is 8.11. The lowest BCUT2D eigenvalue weighted by molar-refractivity contribution is -0.120.